The van der Waals surface area contributed by atoms with Gasteiger partial charge in [0.25, 0.3) is 5.56 Å². The van der Waals surface area contributed by atoms with E-state index in [2.05, 4.69) is 0 Å². The maximum Gasteiger partial charge on any atom is 0.331 e. The van der Waals surface area contributed by atoms with Gasteiger partial charge in [0.1, 0.15) is 6.54 Å². The van der Waals surface area contributed by atoms with Gasteiger partial charge in [0.15, 0.2) is 0 Å². The van der Waals surface area contributed by atoms with Crippen LogP contribution in [-0.2, 0) is 24.3 Å². The smallest absolute Gasteiger partial charge is 0.331 e. The van der Waals surface area contributed by atoms with E-state index in [4.69, 9.17) is 0 Å². The van der Waals surface area contributed by atoms with E-state index in [1.54, 1.807) is 40.5 Å². The molecule has 4 rings (SSSR count). The number of amides is 1. The molecule has 158 valence electrons. The van der Waals surface area contributed by atoms with Crippen LogP contribution in [0.15, 0.2) is 51.4 Å². The van der Waals surface area contributed by atoms with E-state index in [1.807, 2.05) is 24.6 Å². The van der Waals surface area contributed by atoms with Gasteiger partial charge in [-0.15, -0.1) is 11.3 Å². The molecule has 1 aliphatic carbocycles. The van der Waals surface area contributed by atoms with Gasteiger partial charge in [-0.25, -0.2) is 4.79 Å². The van der Waals surface area contributed by atoms with Crippen LogP contribution in [0.4, 0.5) is 0 Å². The first kappa shape index (κ1) is 20.6. The van der Waals surface area contributed by atoms with Gasteiger partial charge < -0.3 is 4.90 Å². The SMILES string of the molecule is CN(C(=O)Cn1c(=O)n(CCc2cccs2)c(=O)c2ccccc21)C1CCCCC1. The lowest BCUT2D eigenvalue weighted by Gasteiger charge is -2.31. The van der Waals surface area contributed by atoms with Crippen molar-refractivity contribution in [3.05, 3.63) is 67.5 Å². The van der Waals surface area contributed by atoms with Gasteiger partial charge in [0, 0.05) is 24.5 Å². The topological polar surface area (TPSA) is 64.3 Å². The summed E-state index contributed by atoms with van der Waals surface area (Å²) in [5.74, 6) is -0.0855. The van der Waals surface area contributed by atoms with E-state index in [9.17, 15) is 14.4 Å². The van der Waals surface area contributed by atoms with Gasteiger partial charge in [-0.1, -0.05) is 37.5 Å². The minimum absolute atomic E-state index is 0.0500. The second-order valence-corrected chi connectivity index (χ2v) is 9.00. The molecule has 7 heteroatoms. The molecule has 1 aliphatic rings. The minimum atomic E-state index is -0.416. The number of hydrogen-bond donors (Lipinski definition) is 0. The van der Waals surface area contributed by atoms with Crippen LogP contribution in [0.1, 0.15) is 37.0 Å². The monoisotopic (exact) mass is 425 g/mol. The van der Waals surface area contributed by atoms with Crippen molar-refractivity contribution in [2.75, 3.05) is 7.05 Å². The Morgan fingerprint density at radius 3 is 2.57 bits per heavy atom. The Kier molecular flexibility index (Phi) is 6.18. The largest absolute Gasteiger partial charge is 0.341 e. The summed E-state index contributed by atoms with van der Waals surface area (Å²) in [6.45, 7) is 0.251. The van der Waals surface area contributed by atoms with Crippen molar-refractivity contribution in [2.45, 2.75) is 57.7 Å². The third kappa shape index (κ3) is 4.12. The molecule has 0 atom stereocenters. The summed E-state index contributed by atoms with van der Waals surface area (Å²) >= 11 is 1.61. The summed E-state index contributed by atoms with van der Waals surface area (Å²) in [6.07, 6.45) is 6.13. The van der Waals surface area contributed by atoms with Crippen molar-refractivity contribution >= 4 is 28.1 Å². The van der Waals surface area contributed by atoms with Gasteiger partial charge in [-0.2, -0.15) is 0 Å². The number of benzene rings is 1. The highest BCUT2D eigenvalue weighted by atomic mass is 32.1. The molecule has 0 radical (unpaired) electrons. The second kappa shape index (κ2) is 9.00. The lowest BCUT2D eigenvalue weighted by Crippen LogP contribution is -2.45. The van der Waals surface area contributed by atoms with Crippen LogP contribution in [0.3, 0.4) is 0 Å². The number of carbonyl (C=O) groups is 1. The highest BCUT2D eigenvalue weighted by molar-refractivity contribution is 7.09. The fourth-order valence-corrected chi connectivity index (χ4v) is 5.01. The van der Waals surface area contributed by atoms with Crippen LogP contribution in [-0.4, -0.2) is 33.0 Å². The van der Waals surface area contributed by atoms with E-state index in [0.717, 1.165) is 30.6 Å². The van der Waals surface area contributed by atoms with Crippen LogP contribution in [0, 0.1) is 0 Å². The summed E-state index contributed by atoms with van der Waals surface area (Å²) in [7, 11) is 1.83. The zero-order valence-corrected chi connectivity index (χ0v) is 18.1. The molecule has 0 aliphatic heterocycles. The van der Waals surface area contributed by atoms with Crippen LogP contribution >= 0.6 is 11.3 Å². The van der Waals surface area contributed by atoms with Gasteiger partial charge in [-0.05, 0) is 42.8 Å². The van der Waals surface area contributed by atoms with Crippen LogP contribution in [0.2, 0.25) is 0 Å². The van der Waals surface area contributed by atoms with E-state index >= 15 is 0 Å². The number of rotatable bonds is 6. The molecule has 1 aromatic carbocycles. The number of carbonyl (C=O) groups excluding carboxylic acids is 1. The molecular weight excluding hydrogens is 398 g/mol. The Morgan fingerprint density at radius 1 is 1.07 bits per heavy atom. The third-order valence-electron chi connectivity index (χ3n) is 6.10. The molecule has 1 amide bonds. The number of nitrogens with zero attached hydrogens (tertiary/aromatic N) is 3. The standard InChI is InChI=1S/C23H27N3O3S/c1-24(17-8-3-2-4-9-17)21(27)16-26-20-12-6-5-11-19(20)22(28)25(23(26)29)14-13-18-10-7-15-30-18/h5-7,10-12,15,17H,2-4,8-9,13-14,16H2,1H3. The van der Waals surface area contributed by atoms with E-state index in [-0.39, 0.29) is 24.1 Å². The predicted molar refractivity (Wildman–Crippen MR) is 120 cm³/mol. The van der Waals surface area contributed by atoms with Crippen molar-refractivity contribution in [2.24, 2.45) is 0 Å². The molecular formula is C23H27N3O3S. The number of thiophene rings is 1. The van der Waals surface area contributed by atoms with Crippen molar-refractivity contribution in [1.29, 1.82) is 0 Å². The lowest BCUT2D eigenvalue weighted by molar-refractivity contribution is -0.133. The Morgan fingerprint density at radius 2 is 1.83 bits per heavy atom. The van der Waals surface area contributed by atoms with E-state index < -0.39 is 5.69 Å². The molecule has 0 bridgehead atoms. The van der Waals surface area contributed by atoms with Crippen LogP contribution < -0.4 is 11.2 Å². The summed E-state index contributed by atoms with van der Waals surface area (Å²) in [5.41, 5.74) is -0.192. The van der Waals surface area contributed by atoms with Crippen molar-refractivity contribution in [3.8, 4) is 0 Å². The molecule has 1 fully saturated rings. The quantitative estimate of drug-likeness (QED) is 0.609. The van der Waals surface area contributed by atoms with E-state index in [1.165, 1.54) is 15.6 Å². The summed E-state index contributed by atoms with van der Waals surface area (Å²) in [4.78, 5) is 42.2. The van der Waals surface area contributed by atoms with Crippen LogP contribution in [0.25, 0.3) is 10.9 Å². The Bertz CT molecular complexity index is 1140. The van der Waals surface area contributed by atoms with Crippen molar-refractivity contribution in [3.63, 3.8) is 0 Å². The highest BCUT2D eigenvalue weighted by Gasteiger charge is 2.23. The molecule has 0 N–H and O–H groups in total. The van der Waals surface area contributed by atoms with E-state index in [0.29, 0.717) is 23.9 Å². The number of fused-ring (bicyclic) bond motifs is 1. The van der Waals surface area contributed by atoms with Crippen molar-refractivity contribution < 1.29 is 4.79 Å². The zero-order chi connectivity index (χ0) is 21.1. The molecule has 2 aromatic heterocycles. The molecule has 0 unspecified atom stereocenters. The zero-order valence-electron chi connectivity index (χ0n) is 17.3. The average molecular weight is 426 g/mol. The fraction of sp³-hybridized carbons (Fsp3) is 0.435. The van der Waals surface area contributed by atoms with Gasteiger partial charge >= 0.3 is 5.69 Å². The number of aryl methyl sites for hydroxylation is 1. The maximum atomic E-state index is 13.3. The van der Waals surface area contributed by atoms with Gasteiger partial charge in [-0.3, -0.25) is 18.7 Å². The summed E-state index contributed by atoms with van der Waals surface area (Å²) in [5, 5.41) is 2.45. The van der Waals surface area contributed by atoms with Gasteiger partial charge in [0.05, 0.1) is 10.9 Å². The number of aromatic nitrogens is 2. The molecule has 0 saturated heterocycles. The number of hydrogen-bond acceptors (Lipinski definition) is 4. The molecule has 3 aromatic rings. The Hall–Kier alpha value is -2.67. The summed E-state index contributed by atoms with van der Waals surface area (Å²) in [6, 6.07) is 11.2. The normalized spacial score (nSPS) is 14.8. The lowest BCUT2D eigenvalue weighted by atomic mass is 9.94. The first-order valence-corrected chi connectivity index (χ1v) is 11.4. The molecule has 2 heterocycles. The predicted octanol–water partition coefficient (Wildman–Crippen LogP) is 3.26. The minimum Gasteiger partial charge on any atom is -0.341 e. The molecule has 30 heavy (non-hydrogen) atoms. The maximum absolute atomic E-state index is 13.3. The first-order valence-electron chi connectivity index (χ1n) is 10.6. The Labute approximate surface area is 179 Å². The van der Waals surface area contributed by atoms with Gasteiger partial charge in [0.2, 0.25) is 5.91 Å². The van der Waals surface area contributed by atoms with Crippen molar-refractivity contribution in [1.82, 2.24) is 14.0 Å². The molecule has 0 spiro atoms. The molecule has 1 saturated carbocycles. The molecule has 6 nitrogen and oxygen atoms in total. The summed E-state index contributed by atoms with van der Waals surface area (Å²) < 4.78 is 2.74. The average Bonchev–Trinajstić information content (AvgIpc) is 3.30. The second-order valence-electron chi connectivity index (χ2n) is 7.97. The third-order valence-corrected chi connectivity index (χ3v) is 7.04. The number of para-hydroxylation sites is 1. The highest BCUT2D eigenvalue weighted by Crippen LogP contribution is 2.22. The number of likely N-dealkylation sites (N-methyl/N-ethyl adjacent to an activating group) is 1. The first-order chi connectivity index (χ1) is 14.6. The fourth-order valence-electron chi connectivity index (χ4n) is 4.32. The van der Waals surface area contributed by atoms with Crippen LogP contribution in [0.5, 0.6) is 0 Å². The Balaban J connectivity index is 1.68.